The number of rotatable bonds is 4. The second-order valence-corrected chi connectivity index (χ2v) is 8.88. The van der Waals surface area contributed by atoms with Crippen LogP contribution in [0.15, 0.2) is 60.7 Å². The van der Waals surface area contributed by atoms with E-state index in [1.807, 2.05) is 60.7 Å². The zero-order valence-electron chi connectivity index (χ0n) is 21.9. The van der Waals surface area contributed by atoms with E-state index in [1.165, 1.54) is 0 Å². The summed E-state index contributed by atoms with van der Waals surface area (Å²) in [5.74, 6) is -0.354. The first-order chi connectivity index (χ1) is 18.6. The van der Waals surface area contributed by atoms with Gasteiger partial charge in [0.15, 0.2) is 0 Å². The molecule has 38 heavy (non-hydrogen) atoms. The minimum Gasteiger partial charge on any atom is -0.377 e. The number of hydrogen-bond donors (Lipinski definition) is 2. The van der Waals surface area contributed by atoms with Gasteiger partial charge in [-0.3, -0.25) is 9.59 Å². The van der Waals surface area contributed by atoms with Crippen LogP contribution in [0.2, 0.25) is 0 Å². The van der Waals surface area contributed by atoms with Crippen LogP contribution in [-0.4, -0.2) is 101 Å². The minimum absolute atomic E-state index is 0.177. The number of ether oxygens (including phenoxy) is 4. The summed E-state index contributed by atoms with van der Waals surface area (Å²) in [6.07, 6.45) is 0. The molecule has 0 aromatic heterocycles. The van der Waals surface area contributed by atoms with Crippen molar-refractivity contribution in [3.8, 4) is 0 Å². The lowest BCUT2D eigenvalue weighted by Crippen LogP contribution is -2.43. The van der Waals surface area contributed by atoms with Gasteiger partial charge in [-0.2, -0.15) is 0 Å². The molecule has 0 unspecified atom stereocenters. The summed E-state index contributed by atoms with van der Waals surface area (Å²) in [5.41, 5.74) is 14.0. The van der Waals surface area contributed by atoms with Crippen molar-refractivity contribution >= 4 is 11.8 Å². The lowest BCUT2D eigenvalue weighted by Gasteiger charge is -2.27. The summed E-state index contributed by atoms with van der Waals surface area (Å²) in [4.78, 5) is 29.4. The molecule has 0 radical (unpaired) electrons. The summed E-state index contributed by atoms with van der Waals surface area (Å²) < 4.78 is 22.8. The molecule has 2 atom stereocenters. The Morgan fingerprint density at radius 3 is 1.11 bits per heavy atom. The first-order valence-electron chi connectivity index (χ1n) is 13.1. The predicted octanol–water partition coefficient (Wildman–Crippen LogP) is 1.12. The fourth-order valence-corrected chi connectivity index (χ4v) is 4.01. The summed E-state index contributed by atoms with van der Waals surface area (Å²) in [5, 5.41) is 0. The quantitative estimate of drug-likeness (QED) is 0.604. The molecule has 0 spiro atoms. The Morgan fingerprint density at radius 1 is 0.526 bits per heavy atom. The summed E-state index contributed by atoms with van der Waals surface area (Å²) in [6.45, 7) is 4.38. The standard InChI is InChI=1S/C28H40N4O6/c29-25(23-7-3-1-4-8-23)27(33)31-11-15-35-19-21-37-17-13-32(14-18-38-22-20-36-16-12-31)28(34)26(30)24-9-5-2-6-10-24/h1-10,25-26H,11-22,29-30H2/t25-,26-/m1/s1. The van der Waals surface area contributed by atoms with Crippen LogP contribution in [0.3, 0.4) is 0 Å². The molecule has 208 valence electrons. The Hall–Kier alpha value is -2.86. The van der Waals surface area contributed by atoms with Gasteiger partial charge < -0.3 is 40.2 Å². The number of benzene rings is 2. The first-order valence-corrected chi connectivity index (χ1v) is 13.1. The largest absolute Gasteiger partial charge is 0.377 e. The molecule has 1 aliphatic heterocycles. The van der Waals surface area contributed by atoms with Crippen molar-refractivity contribution in [3.63, 3.8) is 0 Å². The Balaban J connectivity index is 1.51. The summed E-state index contributed by atoms with van der Waals surface area (Å²) >= 11 is 0. The van der Waals surface area contributed by atoms with Crippen molar-refractivity contribution in [1.82, 2.24) is 9.80 Å². The van der Waals surface area contributed by atoms with Gasteiger partial charge in [-0.15, -0.1) is 0 Å². The van der Waals surface area contributed by atoms with E-state index in [1.54, 1.807) is 9.80 Å². The number of carbonyl (C=O) groups excluding carboxylic acids is 2. The molecule has 4 N–H and O–H groups in total. The van der Waals surface area contributed by atoms with Crippen LogP contribution in [0.4, 0.5) is 0 Å². The molecule has 10 nitrogen and oxygen atoms in total. The Bertz CT molecular complexity index is 851. The van der Waals surface area contributed by atoms with E-state index in [9.17, 15) is 9.59 Å². The highest BCUT2D eigenvalue weighted by Crippen LogP contribution is 2.14. The molecule has 2 aromatic carbocycles. The molecule has 1 fully saturated rings. The maximum Gasteiger partial charge on any atom is 0.244 e. The molecule has 1 heterocycles. The number of amides is 2. The third-order valence-corrected chi connectivity index (χ3v) is 6.24. The molecule has 0 saturated carbocycles. The molecular formula is C28H40N4O6. The van der Waals surface area contributed by atoms with Crippen LogP contribution in [0.25, 0.3) is 0 Å². The van der Waals surface area contributed by atoms with E-state index >= 15 is 0 Å². The van der Waals surface area contributed by atoms with E-state index in [0.717, 1.165) is 11.1 Å². The van der Waals surface area contributed by atoms with E-state index in [4.69, 9.17) is 30.4 Å². The molecule has 2 amide bonds. The highest BCUT2D eigenvalue weighted by atomic mass is 16.5. The van der Waals surface area contributed by atoms with Gasteiger partial charge in [0, 0.05) is 26.2 Å². The number of nitrogens with zero attached hydrogens (tertiary/aromatic N) is 2. The third kappa shape index (κ3) is 9.79. The van der Waals surface area contributed by atoms with Gasteiger partial charge in [0.05, 0.1) is 52.9 Å². The van der Waals surface area contributed by atoms with Crippen molar-refractivity contribution in [3.05, 3.63) is 71.8 Å². The van der Waals surface area contributed by atoms with Gasteiger partial charge in [-0.05, 0) is 11.1 Å². The second kappa shape index (κ2) is 16.9. The van der Waals surface area contributed by atoms with Crippen LogP contribution in [0.1, 0.15) is 23.2 Å². The van der Waals surface area contributed by atoms with Crippen molar-refractivity contribution in [2.24, 2.45) is 11.5 Å². The van der Waals surface area contributed by atoms with Gasteiger partial charge in [0.1, 0.15) is 12.1 Å². The monoisotopic (exact) mass is 528 g/mol. The number of carbonyl (C=O) groups is 2. The number of hydrogen-bond acceptors (Lipinski definition) is 8. The summed E-state index contributed by atoms with van der Waals surface area (Å²) in [6, 6.07) is 17.1. The molecule has 0 aliphatic carbocycles. The lowest BCUT2D eigenvalue weighted by molar-refractivity contribution is -0.136. The highest BCUT2D eigenvalue weighted by molar-refractivity contribution is 5.83. The van der Waals surface area contributed by atoms with E-state index in [-0.39, 0.29) is 11.8 Å². The first kappa shape index (κ1) is 29.7. The van der Waals surface area contributed by atoms with Crippen LogP contribution >= 0.6 is 0 Å². The average molecular weight is 529 g/mol. The predicted molar refractivity (Wildman–Crippen MR) is 143 cm³/mol. The van der Waals surface area contributed by atoms with Gasteiger partial charge >= 0.3 is 0 Å². The fourth-order valence-electron chi connectivity index (χ4n) is 4.01. The minimum atomic E-state index is -0.749. The molecule has 3 rings (SSSR count). The van der Waals surface area contributed by atoms with Crippen LogP contribution in [0.5, 0.6) is 0 Å². The molecule has 10 heteroatoms. The van der Waals surface area contributed by atoms with Crippen molar-refractivity contribution in [2.75, 3.05) is 79.0 Å². The number of nitrogens with two attached hydrogens (primary N) is 2. The highest BCUT2D eigenvalue weighted by Gasteiger charge is 2.23. The Labute approximate surface area is 224 Å². The topological polar surface area (TPSA) is 130 Å². The maximum atomic E-state index is 13.0. The molecule has 1 aliphatic rings. The SMILES string of the molecule is N[C@@H](C(=O)N1CCOCCOCCN(C(=O)[C@H](N)c2ccccc2)CCOCCOCC1)c1ccccc1. The van der Waals surface area contributed by atoms with Gasteiger partial charge in [-0.25, -0.2) is 0 Å². The van der Waals surface area contributed by atoms with Crippen molar-refractivity contribution < 1.29 is 28.5 Å². The van der Waals surface area contributed by atoms with Gasteiger partial charge in [-0.1, -0.05) is 60.7 Å². The van der Waals surface area contributed by atoms with Gasteiger partial charge in [0.2, 0.25) is 11.8 Å². The lowest BCUT2D eigenvalue weighted by atomic mass is 10.1. The zero-order chi connectivity index (χ0) is 27.0. The van der Waals surface area contributed by atoms with Crippen LogP contribution in [-0.2, 0) is 28.5 Å². The fraction of sp³-hybridized carbons (Fsp3) is 0.500. The second-order valence-electron chi connectivity index (χ2n) is 8.88. The normalized spacial score (nSPS) is 19.1. The molecule has 2 aromatic rings. The van der Waals surface area contributed by atoms with E-state index < -0.39 is 12.1 Å². The Morgan fingerprint density at radius 2 is 0.816 bits per heavy atom. The zero-order valence-corrected chi connectivity index (χ0v) is 21.9. The van der Waals surface area contributed by atoms with E-state index in [0.29, 0.717) is 79.0 Å². The molecule has 0 bridgehead atoms. The van der Waals surface area contributed by atoms with Gasteiger partial charge in [0.25, 0.3) is 0 Å². The van der Waals surface area contributed by atoms with Crippen LogP contribution < -0.4 is 11.5 Å². The molecular weight excluding hydrogens is 488 g/mol. The van der Waals surface area contributed by atoms with Crippen molar-refractivity contribution in [2.45, 2.75) is 12.1 Å². The maximum absolute atomic E-state index is 13.0. The summed E-state index contributed by atoms with van der Waals surface area (Å²) in [7, 11) is 0. The molecule has 1 saturated heterocycles. The van der Waals surface area contributed by atoms with Crippen LogP contribution in [0, 0.1) is 0 Å². The smallest absolute Gasteiger partial charge is 0.244 e. The van der Waals surface area contributed by atoms with E-state index in [2.05, 4.69) is 0 Å². The Kier molecular flexibility index (Phi) is 13.2. The third-order valence-electron chi connectivity index (χ3n) is 6.24. The van der Waals surface area contributed by atoms with Crippen molar-refractivity contribution in [1.29, 1.82) is 0 Å². The average Bonchev–Trinajstić information content (AvgIpc) is 2.96.